The van der Waals surface area contributed by atoms with Gasteiger partial charge in [0.2, 0.25) is 0 Å². The fourth-order valence-corrected chi connectivity index (χ4v) is 4.44. The monoisotopic (exact) mass is 486 g/mol. The number of ether oxygens (including phenoxy) is 1. The molecule has 0 saturated carbocycles. The molecule has 8 nitrogen and oxygen atoms in total. The van der Waals surface area contributed by atoms with E-state index in [1.54, 1.807) is 42.8 Å². The van der Waals surface area contributed by atoms with Crippen LogP contribution in [0.4, 0.5) is 0 Å². The van der Waals surface area contributed by atoms with Gasteiger partial charge in [0.05, 0.1) is 18.7 Å². The molecule has 4 rings (SSSR count). The van der Waals surface area contributed by atoms with Crippen LogP contribution in [-0.4, -0.2) is 46.6 Å². The first-order valence-electron chi connectivity index (χ1n) is 11.4. The number of carbonyl (C=O) groups excluding carboxylic acids is 2. The number of amides is 1. The summed E-state index contributed by atoms with van der Waals surface area (Å²) in [6, 6.07) is 10.8. The molecule has 1 aromatic carbocycles. The van der Waals surface area contributed by atoms with Gasteiger partial charge in [-0.25, -0.2) is 0 Å². The van der Waals surface area contributed by atoms with Gasteiger partial charge in [-0.3, -0.25) is 14.4 Å². The largest absolute Gasteiger partial charge is 0.491 e. The van der Waals surface area contributed by atoms with Crippen LogP contribution in [0.25, 0.3) is 10.9 Å². The highest BCUT2D eigenvalue weighted by Gasteiger charge is 2.28. The van der Waals surface area contributed by atoms with Gasteiger partial charge < -0.3 is 24.5 Å². The fourth-order valence-electron chi connectivity index (χ4n) is 4.44. The lowest BCUT2D eigenvalue weighted by Gasteiger charge is -2.24. The van der Waals surface area contributed by atoms with E-state index in [1.807, 2.05) is 19.1 Å². The highest BCUT2D eigenvalue weighted by Crippen LogP contribution is 2.31. The predicted octanol–water partition coefficient (Wildman–Crippen LogP) is 2.83. The number of ketones is 1. The van der Waals surface area contributed by atoms with E-state index in [4.69, 9.17) is 4.74 Å². The van der Waals surface area contributed by atoms with Crippen LogP contribution >= 0.6 is 12.4 Å². The summed E-state index contributed by atoms with van der Waals surface area (Å²) in [5.74, 6) is -0.140. The molecular weight excluding hydrogens is 456 g/mol. The molecular formula is C25H31ClN4O4. The lowest BCUT2D eigenvalue weighted by atomic mass is 10.1. The van der Waals surface area contributed by atoms with Crippen molar-refractivity contribution in [2.75, 3.05) is 19.7 Å². The van der Waals surface area contributed by atoms with Crippen LogP contribution in [0.1, 0.15) is 46.3 Å². The third-order valence-electron chi connectivity index (χ3n) is 6.20. The van der Waals surface area contributed by atoms with Crippen molar-refractivity contribution in [1.82, 2.24) is 19.8 Å². The Kier molecular flexibility index (Phi) is 8.17. The Balaban J connectivity index is 0.00000324. The molecule has 3 heterocycles. The van der Waals surface area contributed by atoms with Gasteiger partial charge in [0.1, 0.15) is 5.39 Å². The number of benzene rings is 1. The molecule has 0 unspecified atom stereocenters. The Labute approximate surface area is 204 Å². The SMILES string of the molecule is CCOc1c(C(=O)NC2CCNCC2)n(C)c2cc(C)n(CC(=O)c3ccccc3)c(=O)c12.Cl. The lowest BCUT2D eigenvalue weighted by Crippen LogP contribution is -2.43. The molecule has 34 heavy (non-hydrogen) atoms. The van der Waals surface area contributed by atoms with Crippen LogP contribution in [0.15, 0.2) is 41.2 Å². The van der Waals surface area contributed by atoms with Crippen LogP contribution in [0, 0.1) is 6.92 Å². The molecule has 182 valence electrons. The lowest BCUT2D eigenvalue weighted by molar-refractivity contribution is 0.0916. The second-order valence-electron chi connectivity index (χ2n) is 8.39. The highest BCUT2D eigenvalue weighted by molar-refractivity contribution is 6.04. The summed E-state index contributed by atoms with van der Waals surface area (Å²) in [6.07, 6.45) is 1.71. The standard InChI is InChI=1S/C25H30N4O4.ClH/c1-4-33-23-21-19(28(3)22(23)24(31)27-18-10-12-26-13-11-18)14-16(2)29(25(21)32)15-20(30)17-8-6-5-7-9-17;/h5-9,14,18,26H,4,10-13,15H2,1-3H3,(H,27,31);1H. The minimum atomic E-state index is -0.339. The summed E-state index contributed by atoms with van der Waals surface area (Å²) >= 11 is 0. The summed E-state index contributed by atoms with van der Waals surface area (Å²) < 4.78 is 9.02. The number of fused-ring (bicyclic) bond motifs is 1. The summed E-state index contributed by atoms with van der Waals surface area (Å²) in [5.41, 5.74) is 1.79. The number of rotatable bonds is 7. The van der Waals surface area contributed by atoms with Crippen molar-refractivity contribution in [2.45, 2.75) is 39.3 Å². The molecule has 1 aliphatic heterocycles. The molecule has 3 aromatic rings. The summed E-state index contributed by atoms with van der Waals surface area (Å²) in [5, 5.41) is 6.70. The number of nitrogens with zero attached hydrogens (tertiary/aromatic N) is 2. The maximum atomic E-state index is 13.6. The van der Waals surface area contributed by atoms with Gasteiger partial charge in [-0.05, 0) is 45.8 Å². The topological polar surface area (TPSA) is 94.4 Å². The van der Waals surface area contributed by atoms with E-state index in [9.17, 15) is 14.4 Å². The molecule has 2 aromatic heterocycles. The van der Waals surface area contributed by atoms with Crippen LogP contribution < -0.4 is 20.9 Å². The van der Waals surface area contributed by atoms with Crippen molar-refractivity contribution in [3.8, 4) is 5.75 Å². The van der Waals surface area contributed by atoms with Gasteiger partial charge in [0.25, 0.3) is 11.5 Å². The number of pyridine rings is 1. The van der Waals surface area contributed by atoms with E-state index in [0.29, 0.717) is 34.5 Å². The first kappa shape index (κ1) is 25.5. The van der Waals surface area contributed by atoms with Crippen LogP contribution in [0.5, 0.6) is 5.75 Å². The van der Waals surface area contributed by atoms with Gasteiger partial charge in [0.15, 0.2) is 17.2 Å². The van der Waals surface area contributed by atoms with Crippen molar-refractivity contribution < 1.29 is 14.3 Å². The van der Waals surface area contributed by atoms with E-state index < -0.39 is 0 Å². The third kappa shape index (κ3) is 4.88. The van der Waals surface area contributed by atoms with E-state index >= 15 is 0 Å². The number of aryl methyl sites for hydroxylation is 2. The van der Waals surface area contributed by atoms with Gasteiger partial charge in [-0.2, -0.15) is 0 Å². The third-order valence-corrected chi connectivity index (χ3v) is 6.20. The minimum absolute atomic E-state index is 0. The number of hydrogen-bond donors (Lipinski definition) is 2. The van der Waals surface area contributed by atoms with Gasteiger partial charge in [-0.1, -0.05) is 30.3 Å². The molecule has 0 atom stereocenters. The summed E-state index contributed by atoms with van der Waals surface area (Å²) in [7, 11) is 1.76. The smallest absolute Gasteiger partial charge is 0.272 e. The Morgan fingerprint density at radius 2 is 1.85 bits per heavy atom. The molecule has 0 aliphatic carbocycles. The van der Waals surface area contributed by atoms with Gasteiger partial charge >= 0.3 is 0 Å². The molecule has 1 amide bonds. The number of nitrogens with one attached hydrogen (secondary N) is 2. The van der Waals surface area contributed by atoms with E-state index in [0.717, 1.165) is 25.9 Å². The molecule has 1 saturated heterocycles. The van der Waals surface area contributed by atoms with E-state index in [1.165, 1.54) is 4.57 Å². The zero-order chi connectivity index (χ0) is 23.5. The van der Waals surface area contributed by atoms with Gasteiger partial charge in [-0.15, -0.1) is 12.4 Å². The fraction of sp³-hybridized carbons (Fsp3) is 0.400. The number of hydrogen-bond acceptors (Lipinski definition) is 5. The van der Waals surface area contributed by atoms with E-state index in [-0.39, 0.29) is 48.0 Å². The molecule has 0 radical (unpaired) electrons. The number of Topliss-reactive ketones (excluding diaryl/α,β-unsaturated/α-hetero) is 1. The Hall–Kier alpha value is -3.10. The first-order valence-corrected chi connectivity index (χ1v) is 11.4. The molecule has 1 aliphatic rings. The number of carbonyl (C=O) groups is 2. The van der Waals surface area contributed by atoms with E-state index in [2.05, 4.69) is 10.6 Å². The molecule has 0 spiro atoms. The Morgan fingerprint density at radius 3 is 2.50 bits per heavy atom. The number of piperidine rings is 1. The number of halogens is 1. The van der Waals surface area contributed by atoms with Crippen molar-refractivity contribution in [3.05, 3.63) is 63.7 Å². The molecule has 2 N–H and O–H groups in total. The van der Waals surface area contributed by atoms with Crippen molar-refractivity contribution in [1.29, 1.82) is 0 Å². The van der Waals surface area contributed by atoms with Crippen LogP contribution in [0.2, 0.25) is 0 Å². The van der Waals surface area contributed by atoms with Crippen molar-refractivity contribution >= 4 is 35.0 Å². The van der Waals surface area contributed by atoms with Gasteiger partial charge in [0, 0.05) is 24.3 Å². The Bertz CT molecular complexity index is 1240. The number of aromatic nitrogens is 2. The predicted molar refractivity (Wildman–Crippen MR) is 134 cm³/mol. The summed E-state index contributed by atoms with van der Waals surface area (Å²) in [6.45, 7) is 5.56. The first-order chi connectivity index (χ1) is 15.9. The second kappa shape index (κ2) is 10.9. The normalized spacial score (nSPS) is 14.0. The quantitative estimate of drug-likeness (QED) is 0.501. The average molecular weight is 487 g/mol. The maximum Gasteiger partial charge on any atom is 0.272 e. The Morgan fingerprint density at radius 1 is 1.18 bits per heavy atom. The molecule has 1 fully saturated rings. The zero-order valence-corrected chi connectivity index (χ0v) is 20.5. The average Bonchev–Trinajstić information content (AvgIpc) is 3.09. The second-order valence-corrected chi connectivity index (χ2v) is 8.39. The zero-order valence-electron chi connectivity index (χ0n) is 19.7. The minimum Gasteiger partial charge on any atom is -0.491 e. The van der Waals surface area contributed by atoms with Crippen LogP contribution in [0.3, 0.4) is 0 Å². The molecule has 0 bridgehead atoms. The molecule has 9 heteroatoms. The van der Waals surface area contributed by atoms with Crippen LogP contribution in [-0.2, 0) is 13.6 Å². The maximum absolute atomic E-state index is 13.6. The van der Waals surface area contributed by atoms with Crippen molar-refractivity contribution in [3.63, 3.8) is 0 Å². The van der Waals surface area contributed by atoms with Crippen molar-refractivity contribution in [2.24, 2.45) is 7.05 Å². The summed E-state index contributed by atoms with van der Waals surface area (Å²) in [4.78, 5) is 39.6. The highest BCUT2D eigenvalue weighted by atomic mass is 35.5.